The number of hydrogen-bond acceptors (Lipinski definition) is 4. The smallest absolute Gasteiger partial charge is 0.191 e. The summed E-state index contributed by atoms with van der Waals surface area (Å²) in [6, 6.07) is 4.18. The molecule has 0 radical (unpaired) electrons. The number of hydrogen-bond donors (Lipinski definition) is 2. The van der Waals surface area contributed by atoms with Gasteiger partial charge in [0.1, 0.15) is 5.76 Å². The standard InChI is InChI=1S/C18H34N4O2.HI/c1-5-22(6-2)16(17-11-10-14-24-17)15-21-18(19-4)20-12-8-9-13-23-7-3;/h10-11,14,16H,5-9,12-13,15H2,1-4H3,(H2,19,20,21);1H. The summed E-state index contributed by atoms with van der Waals surface area (Å²) in [5.74, 6) is 1.81. The number of nitrogens with one attached hydrogen (secondary N) is 2. The molecule has 146 valence electrons. The summed E-state index contributed by atoms with van der Waals surface area (Å²) in [7, 11) is 1.80. The topological polar surface area (TPSA) is 62.0 Å². The zero-order chi connectivity index (χ0) is 17.6. The second kappa shape index (κ2) is 15.5. The Labute approximate surface area is 169 Å². The highest BCUT2D eigenvalue weighted by molar-refractivity contribution is 14.0. The van der Waals surface area contributed by atoms with Crippen LogP contribution < -0.4 is 10.6 Å². The van der Waals surface area contributed by atoms with Crippen LogP contribution in [-0.2, 0) is 4.74 Å². The Kier molecular flexibility index (Phi) is 15.0. The maximum absolute atomic E-state index is 5.63. The summed E-state index contributed by atoms with van der Waals surface area (Å²) < 4.78 is 11.0. The summed E-state index contributed by atoms with van der Waals surface area (Å²) >= 11 is 0. The molecule has 0 amide bonds. The number of guanidine groups is 1. The highest BCUT2D eigenvalue weighted by Crippen LogP contribution is 2.20. The van der Waals surface area contributed by atoms with Crippen molar-refractivity contribution >= 4 is 29.9 Å². The highest BCUT2D eigenvalue weighted by Gasteiger charge is 2.20. The molecule has 0 saturated carbocycles. The number of halogens is 1. The van der Waals surface area contributed by atoms with Gasteiger partial charge >= 0.3 is 0 Å². The van der Waals surface area contributed by atoms with Gasteiger partial charge in [-0.1, -0.05) is 13.8 Å². The van der Waals surface area contributed by atoms with Crippen LogP contribution in [0.25, 0.3) is 0 Å². The first-order valence-electron chi connectivity index (χ1n) is 9.06. The Morgan fingerprint density at radius 1 is 1.24 bits per heavy atom. The van der Waals surface area contributed by atoms with Crippen molar-refractivity contribution in [2.45, 2.75) is 39.7 Å². The summed E-state index contributed by atoms with van der Waals surface area (Å²) in [5.41, 5.74) is 0. The molecule has 1 rings (SSSR count). The van der Waals surface area contributed by atoms with Crippen molar-refractivity contribution in [2.75, 3.05) is 46.4 Å². The molecule has 1 aromatic rings. The van der Waals surface area contributed by atoms with E-state index in [1.807, 2.05) is 19.1 Å². The zero-order valence-corrected chi connectivity index (χ0v) is 18.4. The lowest BCUT2D eigenvalue weighted by Gasteiger charge is -2.28. The number of rotatable bonds is 12. The first kappa shape index (κ1) is 24.2. The molecule has 1 aromatic heterocycles. The third-order valence-corrected chi connectivity index (χ3v) is 4.02. The first-order valence-corrected chi connectivity index (χ1v) is 9.06. The van der Waals surface area contributed by atoms with Crippen LogP contribution in [-0.4, -0.2) is 57.3 Å². The Morgan fingerprint density at radius 3 is 2.56 bits per heavy atom. The van der Waals surface area contributed by atoms with Crippen LogP contribution in [0, 0.1) is 0 Å². The van der Waals surface area contributed by atoms with Gasteiger partial charge in [-0.05, 0) is 45.0 Å². The van der Waals surface area contributed by atoms with E-state index in [0.29, 0.717) is 0 Å². The van der Waals surface area contributed by atoms with E-state index in [1.54, 1.807) is 13.3 Å². The monoisotopic (exact) mass is 466 g/mol. The average molecular weight is 466 g/mol. The Morgan fingerprint density at radius 2 is 2.00 bits per heavy atom. The summed E-state index contributed by atoms with van der Waals surface area (Å²) in [6.45, 7) is 11.6. The minimum atomic E-state index is 0. The van der Waals surface area contributed by atoms with Gasteiger partial charge in [0, 0.05) is 33.4 Å². The van der Waals surface area contributed by atoms with Gasteiger partial charge in [0.15, 0.2) is 5.96 Å². The molecule has 0 saturated heterocycles. The molecule has 1 heterocycles. The molecular weight excluding hydrogens is 431 g/mol. The van der Waals surface area contributed by atoms with Crippen LogP contribution in [0.4, 0.5) is 0 Å². The number of ether oxygens (including phenoxy) is 1. The molecule has 0 aromatic carbocycles. The van der Waals surface area contributed by atoms with Gasteiger partial charge < -0.3 is 19.8 Å². The summed E-state index contributed by atoms with van der Waals surface area (Å²) in [5, 5.41) is 6.77. The maximum atomic E-state index is 5.63. The minimum Gasteiger partial charge on any atom is -0.468 e. The molecule has 1 unspecified atom stereocenters. The van der Waals surface area contributed by atoms with Crippen LogP contribution >= 0.6 is 24.0 Å². The van der Waals surface area contributed by atoms with E-state index in [4.69, 9.17) is 9.15 Å². The van der Waals surface area contributed by atoms with Crippen molar-refractivity contribution in [1.82, 2.24) is 15.5 Å². The van der Waals surface area contributed by atoms with Gasteiger partial charge in [-0.15, -0.1) is 24.0 Å². The fraction of sp³-hybridized carbons (Fsp3) is 0.722. The molecular formula is C18H35IN4O2. The van der Waals surface area contributed by atoms with Crippen LogP contribution in [0.15, 0.2) is 27.8 Å². The predicted octanol–water partition coefficient (Wildman–Crippen LogP) is 3.26. The molecule has 0 fully saturated rings. The van der Waals surface area contributed by atoms with Crippen LogP contribution in [0.1, 0.15) is 45.4 Å². The van der Waals surface area contributed by atoms with E-state index >= 15 is 0 Å². The van der Waals surface area contributed by atoms with Crippen molar-refractivity contribution in [2.24, 2.45) is 4.99 Å². The number of unbranched alkanes of at least 4 members (excludes halogenated alkanes) is 1. The third kappa shape index (κ3) is 9.46. The molecule has 0 aliphatic heterocycles. The quantitative estimate of drug-likeness (QED) is 0.214. The maximum Gasteiger partial charge on any atom is 0.191 e. The second-order valence-electron chi connectivity index (χ2n) is 5.54. The summed E-state index contributed by atoms with van der Waals surface area (Å²) in [6.07, 6.45) is 3.86. The lowest BCUT2D eigenvalue weighted by Crippen LogP contribution is -2.43. The van der Waals surface area contributed by atoms with E-state index in [2.05, 4.69) is 34.4 Å². The number of nitrogens with zero attached hydrogens (tertiary/aromatic N) is 2. The molecule has 0 aliphatic rings. The second-order valence-corrected chi connectivity index (χ2v) is 5.54. The molecule has 0 spiro atoms. The summed E-state index contributed by atoms with van der Waals surface area (Å²) in [4.78, 5) is 6.68. The largest absolute Gasteiger partial charge is 0.468 e. The highest BCUT2D eigenvalue weighted by atomic mass is 127. The van der Waals surface area contributed by atoms with Gasteiger partial charge in [0.2, 0.25) is 0 Å². The molecule has 7 heteroatoms. The van der Waals surface area contributed by atoms with Crippen LogP contribution in [0.3, 0.4) is 0 Å². The lowest BCUT2D eigenvalue weighted by molar-refractivity contribution is 0.143. The van der Waals surface area contributed by atoms with E-state index in [9.17, 15) is 0 Å². The lowest BCUT2D eigenvalue weighted by atomic mass is 10.2. The van der Waals surface area contributed by atoms with Gasteiger partial charge in [0.25, 0.3) is 0 Å². The van der Waals surface area contributed by atoms with Crippen molar-refractivity contribution in [1.29, 1.82) is 0 Å². The van der Waals surface area contributed by atoms with E-state index in [1.165, 1.54) is 0 Å². The zero-order valence-electron chi connectivity index (χ0n) is 16.1. The molecule has 0 bridgehead atoms. The van der Waals surface area contributed by atoms with Crippen molar-refractivity contribution in [3.63, 3.8) is 0 Å². The molecule has 6 nitrogen and oxygen atoms in total. The van der Waals surface area contributed by atoms with Crippen LogP contribution in [0.2, 0.25) is 0 Å². The van der Waals surface area contributed by atoms with Crippen molar-refractivity contribution in [3.05, 3.63) is 24.2 Å². The number of furan rings is 1. The van der Waals surface area contributed by atoms with Crippen molar-refractivity contribution < 1.29 is 9.15 Å². The van der Waals surface area contributed by atoms with Gasteiger partial charge in [0.05, 0.1) is 12.3 Å². The van der Waals surface area contributed by atoms with Crippen LogP contribution in [0.5, 0.6) is 0 Å². The SMILES string of the molecule is CCOCCCCNC(=NC)NCC(c1ccco1)N(CC)CC.I. The Hall–Kier alpha value is -0.800. The minimum absolute atomic E-state index is 0. The van der Waals surface area contributed by atoms with Gasteiger partial charge in [-0.25, -0.2) is 0 Å². The normalized spacial score (nSPS) is 12.8. The van der Waals surface area contributed by atoms with E-state index < -0.39 is 0 Å². The fourth-order valence-corrected chi connectivity index (χ4v) is 2.65. The number of aliphatic imine (C=N–C) groups is 1. The fourth-order valence-electron chi connectivity index (χ4n) is 2.65. The Bertz CT molecular complexity index is 436. The Balaban J connectivity index is 0.00000576. The van der Waals surface area contributed by atoms with E-state index in [0.717, 1.165) is 64.0 Å². The first-order chi connectivity index (χ1) is 11.8. The number of likely N-dealkylation sites (N-methyl/N-ethyl adjacent to an activating group) is 1. The predicted molar refractivity (Wildman–Crippen MR) is 115 cm³/mol. The van der Waals surface area contributed by atoms with E-state index in [-0.39, 0.29) is 30.0 Å². The molecule has 2 N–H and O–H groups in total. The molecule has 0 aliphatic carbocycles. The molecule has 25 heavy (non-hydrogen) atoms. The van der Waals surface area contributed by atoms with Gasteiger partial charge in [-0.2, -0.15) is 0 Å². The molecule has 1 atom stereocenters. The van der Waals surface area contributed by atoms with Crippen molar-refractivity contribution in [3.8, 4) is 0 Å². The third-order valence-electron chi connectivity index (χ3n) is 4.02. The average Bonchev–Trinajstić information content (AvgIpc) is 3.13. The van der Waals surface area contributed by atoms with Gasteiger partial charge in [-0.3, -0.25) is 9.89 Å².